The average molecular weight is 455 g/mol. The second-order valence-corrected chi connectivity index (χ2v) is 8.34. The third-order valence-electron chi connectivity index (χ3n) is 5.19. The summed E-state index contributed by atoms with van der Waals surface area (Å²) in [7, 11) is 0. The number of likely N-dealkylation sites (tertiary alicyclic amines) is 1. The molecule has 4 rings (SSSR count). The number of carbonyl (C=O) groups is 1. The van der Waals surface area contributed by atoms with Crippen molar-refractivity contribution in [2.75, 3.05) is 18.4 Å². The van der Waals surface area contributed by atoms with Crippen molar-refractivity contribution >= 4 is 27.5 Å². The largest absolute Gasteiger partial charge is 0.338 e. The Bertz CT molecular complexity index is 978. The number of rotatable bonds is 5. The molecule has 1 fully saturated rings. The molecule has 0 saturated carbocycles. The van der Waals surface area contributed by atoms with Gasteiger partial charge in [-0.15, -0.1) is 0 Å². The van der Waals surface area contributed by atoms with Crippen molar-refractivity contribution in [3.63, 3.8) is 0 Å². The molecular formula is C22H23BrN4O2. The minimum absolute atomic E-state index is 0.0347. The Kier molecular flexibility index (Phi) is 6.06. The fourth-order valence-corrected chi connectivity index (χ4v) is 3.89. The molecule has 1 N–H and O–H groups in total. The van der Waals surface area contributed by atoms with E-state index in [2.05, 4.69) is 36.3 Å². The van der Waals surface area contributed by atoms with Crippen LogP contribution in [0.4, 0.5) is 5.69 Å². The molecule has 1 saturated heterocycles. The van der Waals surface area contributed by atoms with E-state index in [0.29, 0.717) is 18.3 Å². The van der Waals surface area contributed by atoms with Crippen molar-refractivity contribution in [3.8, 4) is 11.4 Å². The molecular weight excluding hydrogens is 432 g/mol. The van der Waals surface area contributed by atoms with E-state index in [0.717, 1.165) is 41.7 Å². The van der Waals surface area contributed by atoms with Crippen molar-refractivity contribution in [1.82, 2.24) is 15.0 Å². The minimum Gasteiger partial charge on any atom is -0.338 e. The fourth-order valence-electron chi connectivity index (χ4n) is 3.49. The molecule has 6 nitrogen and oxygen atoms in total. The molecule has 1 aromatic heterocycles. The Labute approximate surface area is 178 Å². The number of amides is 1. The number of halogens is 1. The van der Waals surface area contributed by atoms with E-state index >= 15 is 0 Å². The highest BCUT2D eigenvalue weighted by molar-refractivity contribution is 9.10. The van der Waals surface area contributed by atoms with Crippen LogP contribution < -0.4 is 5.32 Å². The van der Waals surface area contributed by atoms with Gasteiger partial charge < -0.3 is 9.84 Å². The third kappa shape index (κ3) is 5.10. The van der Waals surface area contributed by atoms with Crippen LogP contribution in [0.25, 0.3) is 11.4 Å². The first-order chi connectivity index (χ1) is 14.1. The summed E-state index contributed by atoms with van der Waals surface area (Å²) in [6.45, 7) is 4.31. The van der Waals surface area contributed by atoms with Crippen LogP contribution >= 0.6 is 15.9 Å². The van der Waals surface area contributed by atoms with Gasteiger partial charge in [0.05, 0.1) is 6.54 Å². The van der Waals surface area contributed by atoms with Gasteiger partial charge in [-0.2, -0.15) is 4.98 Å². The number of anilines is 1. The summed E-state index contributed by atoms with van der Waals surface area (Å²) in [4.78, 5) is 19.3. The maximum Gasteiger partial charge on any atom is 0.241 e. The SMILES string of the molecule is Cc1ccc(NC(=O)C2CCN(Cc3nc(-c4cccc(Br)c4)no3)CC2)cc1. The molecule has 0 aliphatic carbocycles. The van der Waals surface area contributed by atoms with Crippen molar-refractivity contribution in [2.45, 2.75) is 26.3 Å². The predicted octanol–water partition coefficient (Wildman–Crippen LogP) is 4.66. The standard InChI is InChI=1S/C22H23BrN4O2/c1-15-5-7-19(8-6-15)24-22(28)16-9-11-27(12-10-16)14-20-25-21(26-29-20)17-3-2-4-18(23)13-17/h2-8,13,16H,9-12,14H2,1H3,(H,24,28). The molecule has 7 heteroatoms. The molecule has 150 valence electrons. The van der Waals surface area contributed by atoms with Crippen LogP contribution in [-0.4, -0.2) is 34.0 Å². The van der Waals surface area contributed by atoms with Crippen LogP contribution in [0, 0.1) is 12.8 Å². The number of piperidine rings is 1. The number of nitrogens with one attached hydrogen (secondary N) is 1. The summed E-state index contributed by atoms with van der Waals surface area (Å²) in [6.07, 6.45) is 1.65. The Morgan fingerprint density at radius 2 is 1.97 bits per heavy atom. The monoisotopic (exact) mass is 454 g/mol. The van der Waals surface area contributed by atoms with Gasteiger partial charge in [0.1, 0.15) is 0 Å². The van der Waals surface area contributed by atoms with Crippen LogP contribution in [-0.2, 0) is 11.3 Å². The van der Waals surface area contributed by atoms with Crippen molar-refractivity contribution < 1.29 is 9.32 Å². The lowest BCUT2D eigenvalue weighted by Gasteiger charge is -2.30. The number of hydrogen-bond donors (Lipinski definition) is 1. The molecule has 2 aromatic carbocycles. The average Bonchev–Trinajstić information content (AvgIpc) is 3.19. The van der Waals surface area contributed by atoms with Gasteiger partial charge >= 0.3 is 0 Å². The summed E-state index contributed by atoms with van der Waals surface area (Å²) in [5.41, 5.74) is 2.95. The second-order valence-electron chi connectivity index (χ2n) is 7.43. The maximum absolute atomic E-state index is 12.5. The first kappa shape index (κ1) is 19.8. The summed E-state index contributed by atoms with van der Waals surface area (Å²) < 4.78 is 6.41. The Balaban J connectivity index is 1.29. The van der Waals surface area contributed by atoms with Crippen LogP contribution in [0.3, 0.4) is 0 Å². The number of carbonyl (C=O) groups excluding carboxylic acids is 1. The van der Waals surface area contributed by atoms with Crippen LogP contribution in [0.1, 0.15) is 24.3 Å². The molecule has 29 heavy (non-hydrogen) atoms. The van der Waals surface area contributed by atoms with E-state index in [1.54, 1.807) is 0 Å². The molecule has 0 spiro atoms. The highest BCUT2D eigenvalue weighted by atomic mass is 79.9. The highest BCUT2D eigenvalue weighted by Gasteiger charge is 2.26. The lowest BCUT2D eigenvalue weighted by Crippen LogP contribution is -2.37. The molecule has 3 aromatic rings. The van der Waals surface area contributed by atoms with Crippen molar-refractivity contribution in [2.24, 2.45) is 5.92 Å². The van der Waals surface area contributed by atoms with Gasteiger partial charge in [0, 0.05) is 21.6 Å². The summed E-state index contributed by atoms with van der Waals surface area (Å²) in [6, 6.07) is 15.7. The summed E-state index contributed by atoms with van der Waals surface area (Å²) in [5.74, 6) is 1.33. The minimum atomic E-state index is 0.0347. The first-order valence-corrected chi connectivity index (χ1v) is 10.5. The summed E-state index contributed by atoms with van der Waals surface area (Å²) >= 11 is 3.46. The zero-order chi connectivity index (χ0) is 20.2. The van der Waals surface area contributed by atoms with Crippen LogP contribution in [0.2, 0.25) is 0 Å². The van der Waals surface area contributed by atoms with Crippen molar-refractivity contribution in [1.29, 1.82) is 0 Å². The first-order valence-electron chi connectivity index (χ1n) is 9.75. The molecule has 2 heterocycles. The zero-order valence-corrected chi connectivity index (χ0v) is 17.9. The van der Waals surface area contributed by atoms with Gasteiger partial charge in [0.2, 0.25) is 17.6 Å². The Hall–Kier alpha value is -2.51. The number of aryl methyl sites for hydroxylation is 1. The molecule has 1 amide bonds. The number of aromatic nitrogens is 2. The van der Waals surface area contributed by atoms with E-state index in [9.17, 15) is 4.79 Å². The maximum atomic E-state index is 12.5. The normalized spacial score (nSPS) is 15.4. The van der Waals surface area contributed by atoms with E-state index < -0.39 is 0 Å². The fraction of sp³-hybridized carbons (Fsp3) is 0.318. The number of benzene rings is 2. The molecule has 0 bridgehead atoms. The highest BCUT2D eigenvalue weighted by Crippen LogP contribution is 2.23. The number of nitrogens with zero attached hydrogens (tertiary/aromatic N) is 3. The molecule has 0 radical (unpaired) electrons. The summed E-state index contributed by atoms with van der Waals surface area (Å²) in [5, 5.41) is 7.12. The quantitative estimate of drug-likeness (QED) is 0.606. The van der Waals surface area contributed by atoms with Crippen LogP contribution in [0.15, 0.2) is 57.5 Å². The molecule has 0 unspecified atom stereocenters. The molecule has 1 aliphatic heterocycles. The van der Waals surface area contributed by atoms with Crippen LogP contribution in [0.5, 0.6) is 0 Å². The van der Waals surface area contributed by atoms with Gasteiger partial charge in [0.15, 0.2) is 0 Å². The Morgan fingerprint density at radius 1 is 1.21 bits per heavy atom. The van der Waals surface area contributed by atoms with Gasteiger partial charge in [-0.3, -0.25) is 9.69 Å². The lowest BCUT2D eigenvalue weighted by atomic mass is 9.96. The smallest absolute Gasteiger partial charge is 0.241 e. The second kappa shape index (κ2) is 8.88. The lowest BCUT2D eigenvalue weighted by molar-refractivity contribution is -0.121. The Morgan fingerprint density at radius 3 is 2.69 bits per heavy atom. The topological polar surface area (TPSA) is 71.3 Å². The van der Waals surface area contributed by atoms with Crippen molar-refractivity contribution in [3.05, 3.63) is 64.5 Å². The van der Waals surface area contributed by atoms with E-state index in [4.69, 9.17) is 4.52 Å². The van der Waals surface area contributed by atoms with E-state index in [-0.39, 0.29) is 11.8 Å². The zero-order valence-electron chi connectivity index (χ0n) is 16.3. The third-order valence-corrected chi connectivity index (χ3v) is 5.68. The molecule has 0 atom stereocenters. The van der Waals surface area contributed by atoms with E-state index in [1.807, 2.05) is 55.5 Å². The van der Waals surface area contributed by atoms with E-state index in [1.165, 1.54) is 5.56 Å². The van der Waals surface area contributed by atoms with Gasteiger partial charge in [-0.05, 0) is 57.1 Å². The van der Waals surface area contributed by atoms with Gasteiger partial charge in [-0.1, -0.05) is 50.9 Å². The predicted molar refractivity (Wildman–Crippen MR) is 115 cm³/mol. The number of hydrogen-bond acceptors (Lipinski definition) is 5. The molecule has 1 aliphatic rings. The van der Waals surface area contributed by atoms with Gasteiger partial charge in [-0.25, -0.2) is 0 Å². The van der Waals surface area contributed by atoms with Gasteiger partial charge in [0.25, 0.3) is 0 Å².